The molecule has 214 valence electrons. The average Bonchev–Trinajstić information content (AvgIpc) is 3.62. The van der Waals surface area contributed by atoms with Crippen LogP contribution in [0.2, 0.25) is 0 Å². The maximum Gasteiger partial charge on any atom is 0.250 e. The first-order chi connectivity index (χ1) is 19.9. The van der Waals surface area contributed by atoms with Crippen molar-refractivity contribution >= 4 is 29.3 Å². The number of hydrogen-bond donors (Lipinski definition) is 4. The second-order valence-electron chi connectivity index (χ2n) is 10.7. The molecular weight excluding hydrogens is 522 g/mol. The number of nitrogens with zero attached hydrogens (tertiary/aromatic N) is 3. The highest BCUT2D eigenvalue weighted by molar-refractivity contribution is 6.08. The van der Waals surface area contributed by atoms with Crippen molar-refractivity contribution in [1.82, 2.24) is 31.4 Å². The molecule has 1 aromatic heterocycles. The molecule has 0 aliphatic carbocycles. The summed E-state index contributed by atoms with van der Waals surface area (Å²) >= 11 is 0. The molecule has 2 aliphatic rings. The zero-order valence-electron chi connectivity index (χ0n) is 23.2. The van der Waals surface area contributed by atoms with E-state index < -0.39 is 24.0 Å². The Morgan fingerprint density at radius 3 is 2.61 bits per heavy atom. The van der Waals surface area contributed by atoms with Gasteiger partial charge in [0.15, 0.2) is 0 Å². The van der Waals surface area contributed by atoms with Gasteiger partial charge in [-0.3, -0.25) is 24.1 Å². The molecule has 0 saturated carbocycles. The molecule has 0 spiro atoms. The number of benzene rings is 2. The second kappa shape index (κ2) is 12.3. The third-order valence-corrected chi connectivity index (χ3v) is 7.95. The molecule has 2 aromatic carbocycles. The van der Waals surface area contributed by atoms with Crippen LogP contribution in [-0.2, 0) is 45.0 Å². The summed E-state index contributed by atoms with van der Waals surface area (Å²) in [5, 5.41) is 18.9. The van der Waals surface area contributed by atoms with Crippen molar-refractivity contribution in [3.8, 4) is 0 Å². The maximum atomic E-state index is 14.0. The smallest absolute Gasteiger partial charge is 0.250 e. The van der Waals surface area contributed by atoms with Crippen LogP contribution < -0.4 is 20.9 Å². The number of para-hydroxylation sites is 1. The average molecular weight is 558 g/mol. The van der Waals surface area contributed by atoms with E-state index in [1.54, 1.807) is 4.90 Å². The molecule has 0 saturated heterocycles. The van der Waals surface area contributed by atoms with Gasteiger partial charge in [0.2, 0.25) is 23.6 Å². The maximum absolute atomic E-state index is 14.0. The lowest BCUT2D eigenvalue weighted by Gasteiger charge is -2.30. The van der Waals surface area contributed by atoms with Gasteiger partial charge in [-0.1, -0.05) is 68.8 Å². The zero-order chi connectivity index (χ0) is 28.9. The van der Waals surface area contributed by atoms with Crippen LogP contribution in [0.15, 0.2) is 54.7 Å². The van der Waals surface area contributed by atoms with Crippen molar-refractivity contribution in [2.24, 2.45) is 5.92 Å². The van der Waals surface area contributed by atoms with Crippen LogP contribution in [0.3, 0.4) is 0 Å². The topological polar surface area (TPSA) is 149 Å². The van der Waals surface area contributed by atoms with Gasteiger partial charge in [0, 0.05) is 6.42 Å². The highest BCUT2D eigenvalue weighted by atomic mass is 16.2. The molecule has 4 amide bonds. The summed E-state index contributed by atoms with van der Waals surface area (Å²) in [6, 6.07) is 12.8. The Labute approximate surface area is 238 Å². The molecule has 3 heterocycles. The second-order valence-corrected chi connectivity index (χ2v) is 10.7. The number of aromatic nitrogens is 3. The number of anilines is 1. The number of hydrogen-bond acceptors (Lipinski definition) is 6. The lowest BCUT2D eigenvalue weighted by molar-refractivity contribution is -0.133. The number of carbonyl (C=O) groups is 4. The van der Waals surface area contributed by atoms with Crippen molar-refractivity contribution in [3.05, 3.63) is 77.1 Å². The molecule has 4 N–H and O–H groups in total. The Kier molecular flexibility index (Phi) is 8.42. The molecule has 41 heavy (non-hydrogen) atoms. The van der Waals surface area contributed by atoms with Crippen LogP contribution in [-0.4, -0.2) is 57.2 Å². The summed E-state index contributed by atoms with van der Waals surface area (Å²) in [6.45, 7) is 4.03. The van der Waals surface area contributed by atoms with Crippen molar-refractivity contribution in [2.75, 3.05) is 4.90 Å². The largest absolute Gasteiger partial charge is 0.348 e. The minimum atomic E-state index is -0.843. The van der Waals surface area contributed by atoms with Gasteiger partial charge in [-0.05, 0) is 35.4 Å². The fourth-order valence-corrected chi connectivity index (χ4v) is 5.55. The summed E-state index contributed by atoms with van der Waals surface area (Å²) < 4.78 is 0. The van der Waals surface area contributed by atoms with E-state index in [0.717, 1.165) is 22.4 Å². The first kappa shape index (κ1) is 28.0. The fraction of sp³-hybridized carbons (Fsp3) is 0.400. The monoisotopic (exact) mass is 557 g/mol. The number of rotatable bonds is 10. The molecule has 1 unspecified atom stereocenters. The Hall–Kier alpha value is -4.54. The number of aryl methyl sites for hydroxylation is 1. The van der Waals surface area contributed by atoms with Gasteiger partial charge in [-0.25, -0.2) is 0 Å². The molecule has 5 rings (SSSR count). The van der Waals surface area contributed by atoms with Crippen LogP contribution in [0, 0.1) is 5.92 Å². The zero-order valence-corrected chi connectivity index (χ0v) is 23.2. The summed E-state index contributed by atoms with van der Waals surface area (Å²) in [7, 11) is 0. The van der Waals surface area contributed by atoms with Crippen molar-refractivity contribution < 1.29 is 19.2 Å². The molecule has 3 aromatic rings. The van der Waals surface area contributed by atoms with Gasteiger partial charge in [-0.2, -0.15) is 15.4 Å². The SMILES string of the molecule is CC[C@H](C)C(NC(=O)Cc1ccccc1)C(=O)N[C@H]1CCc2cccc3c2N(C1=O)[C@H](C(=O)NCc1cn[nH]n1)C3. The predicted molar refractivity (Wildman–Crippen MR) is 151 cm³/mol. The van der Waals surface area contributed by atoms with E-state index in [-0.39, 0.29) is 36.6 Å². The molecule has 11 heteroatoms. The van der Waals surface area contributed by atoms with E-state index in [2.05, 4.69) is 31.4 Å². The number of H-pyrrole nitrogens is 1. The molecule has 4 atom stereocenters. The number of nitrogens with one attached hydrogen (secondary N) is 4. The third kappa shape index (κ3) is 6.13. The number of amides is 4. The van der Waals surface area contributed by atoms with E-state index in [1.807, 2.05) is 62.4 Å². The van der Waals surface area contributed by atoms with Crippen molar-refractivity contribution in [3.63, 3.8) is 0 Å². The van der Waals surface area contributed by atoms with E-state index in [0.29, 0.717) is 31.4 Å². The molecular formula is C30H35N7O4. The van der Waals surface area contributed by atoms with E-state index in [1.165, 1.54) is 6.20 Å². The summed E-state index contributed by atoms with van der Waals surface area (Å²) in [4.78, 5) is 55.3. The Balaban J connectivity index is 1.32. The normalized spacial score (nSPS) is 19.1. The van der Waals surface area contributed by atoms with Gasteiger partial charge in [-0.15, -0.1) is 0 Å². The van der Waals surface area contributed by atoms with Gasteiger partial charge in [0.25, 0.3) is 0 Å². The van der Waals surface area contributed by atoms with Gasteiger partial charge >= 0.3 is 0 Å². The van der Waals surface area contributed by atoms with E-state index in [4.69, 9.17) is 0 Å². The number of aromatic amines is 1. The minimum Gasteiger partial charge on any atom is -0.348 e. The van der Waals surface area contributed by atoms with E-state index in [9.17, 15) is 19.2 Å². The molecule has 0 fully saturated rings. The van der Waals surface area contributed by atoms with Crippen LogP contribution in [0.5, 0.6) is 0 Å². The van der Waals surface area contributed by atoms with Crippen LogP contribution in [0.4, 0.5) is 5.69 Å². The quantitative estimate of drug-likeness (QED) is 0.297. The molecule has 0 bridgehead atoms. The van der Waals surface area contributed by atoms with Gasteiger partial charge in [0.05, 0.1) is 24.8 Å². The van der Waals surface area contributed by atoms with Crippen LogP contribution >= 0.6 is 0 Å². The molecule has 0 radical (unpaired) electrons. The van der Waals surface area contributed by atoms with Crippen molar-refractivity contribution in [2.45, 2.75) is 70.6 Å². The highest BCUT2D eigenvalue weighted by Gasteiger charge is 2.44. The summed E-state index contributed by atoms with van der Waals surface area (Å²) in [6.07, 6.45) is 3.67. The Morgan fingerprint density at radius 1 is 1.10 bits per heavy atom. The van der Waals surface area contributed by atoms with Crippen LogP contribution in [0.1, 0.15) is 49.1 Å². The third-order valence-electron chi connectivity index (χ3n) is 7.95. The Morgan fingerprint density at radius 2 is 1.88 bits per heavy atom. The summed E-state index contributed by atoms with van der Waals surface area (Å²) in [5.74, 6) is -1.45. The standard InChI is InChI=1S/C30H35N7O4/c1-3-18(2)26(34-25(38)14-19-8-5-4-6-9-19)29(40)33-23-13-12-20-10-7-11-21-15-24(37(27(20)21)30(23)41)28(39)31-16-22-17-32-36-35-22/h4-11,17-18,23-24,26H,3,12-16H2,1-2H3,(H,31,39)(H,33,40)(H,34,38)(H,32,35,36)/t18-,23-,24-,26?/m0/s1. The van der Waals surface area contributed by atoms with Crippen molar-refractivity contribution in [1.29, 1.82) is 0 Å². The lowest BCUT2D eigenvalue weighted by Crippen LogP contribution is -2.58. The molecule has 2 aliphatic heterocycles. The fourth-order valence-electron chi connectivity index (χ4n) is 5.55. The highest BCUT2D eigenvalue weighted by Crippen LogP contribution is 2.39. The Bertz CT molecular complexity index is 1410. The predicted octanol–water partition coefficient (Wildman–Crippen LogP) is 1.58. The molecule has 11 nitrogen and oxygen atoms in total. The van der Waals surface area contributed by atoms with Gasteiger partial charge < -0.3 is 16.0 Å². The van der Waals surface area contributed by atoms with Gasteiger partial charge in [0.1, 0.15) is 23.8 Å². The first-order valence-corrected chi connectivity index (χ1v) is 14.1. The minimum absolute atomic E-state index is 0.152. The lowest BCUT2D eigenvalue weighted by atomic mass is 9.96. The summed E-state index contributed by atoms with van der Waals surface area (Å²) in [5.41, 5.74) is 4.07. The van der Waals surface area contributed by atoms with E-state index >= 15 is 0 Å². The number of carbonyl (C=O) groups excluding carboxylic acids is 4. The van der Waals surface area contributed by atoms with Crippen LogP contribution in [0.25, 0.3) is 0 Å². The first-order valence-electron chi connectivity index (χ1n) is 14.1.